The van der Waals surface area contributed by atoms with Gasteiger partial charge in [-0.2, -0.15) is 13.2 Å². The molecule has 2 aromatic rings. The molecule has 1 heterocycles. The van der Waals surface area contributed by atoms with Crippen molar-refractivity contribution in [2.24, 2.45) is 4.99 Å². The maximum Gasteiger partial charge on any atom is 0.434 e. The number of halogens is 4. The second kappa shape index (κ2) is 11.7. The lowest BCUT2D eigenvalue weighted by Gasteiger charge is -2.27. The van der Waals surface area contributed by atoms with Crippen molar-refractivity contribution in [1.29, 1.82) is 0 Å². The second-order valence-electron chi connectivity index (χ2n) is 7.13. The largest absolute Gasteiger partial charge is 0.493 e. The SMILES string of the molecule is CCNC(=NCc1nc(C(F)(F)F)cs1)NCC(C)(C)c1ccc(OC)c(OC)c1.I. The molecule has 0 aliphatic heterocycles. The molecule has 2 rings (SSSR count). The first-order valence-corrected chi connectivity index (χ1v) is 10.2. The summed E-state index contributed by atoms with van der Waals surface area (Å²) in [4.78, 5) is 7.98. The van der Waals surface area contributed by atoms with Gasteiger partial charge in [0.1, 0.15) is 5.01 Å². The van der Waals surface area contributed by atoms with Gasteiger partial charge in [-0.3, -0.25) is 0 Å². The predicted molar refractivity (Wildman–Crippen MR) is 128 cm³/mol. The number of hydrogen-bond acceptors (Lipinski definition) is 5. The molecular weight excluding hydrogens is 544 g/mol. The fourth-order valence-corrected chi connectivity index (χ4v) is 3.39. The zero-order chi connectivity index (χ0) is 22.4. The highest BCUT2D eigenvalue weighted by atomic mass is 127. The molecule has 0 unspecified atom stereocenters. The average molecular weight is 572 g/mol. The van der Waals surface area contributed by atoms with Crippen LogP contribution in [-0.2, 0) is 18.1 Å². The Kier molecular flexibility index (Phi) is 10.3. The summed E-state index contributed by atoms with van der Waals surface area (Å²) in [7, 11) is 3.18. The van der Waals surface area contributed by atoms with Crippen LogP contribution in [0.5, 0.6) is 11.5 Å². The van der Waals surface area contributed by atoms with Gasteiger partial charge in [-0.05, 0) is 24.6 Å². The van der Waals surface area contributed by atoms with E-state index in [0.717, 1.165) is 22.3 Å². The zero-order valence-electron chi connectivity index (χ0n) is 18.1. The molecule has 0 saturated heterocycles. The van der Waals surface area contributed by atoms with Gasteiger partial charge in [-0.15, -0.1) is 35.3 Å². The van der Waals surface area contributed by atoms with Crippen LogP contribution in [0, 0.1) is 0 Å². The van der Waals surface area contributed by atoms with Crippen molar-refractivity contribution in [2.75, 3.05) is 27.3 Å². The van der Waals surface area contributed by atoms with Crippen LogP contribution in [0.1, 0.15) is 37.0 Å². The standard InChI is InChI=1S/C20H27F3N4O2S.HI/c1-6-24-18(25-10-17-27-16(11-30-17)20(21,22)23)26-12-19(2,3)13-7-8-14(28-4)15(9-13)29-5;/h7-9,11H,6,10,12H2,1-5H3,(H2,24,25,26);1H. The van der Waals surface area contributed by atoms with Crippen molar-refractivity contribution in [3.63, 3.8) is 0 Å². The monoisotopic (exact) mass is 572 g/mol. The molecule has 31 heavy (non-hydrogen) atoms. The molecule has 0 atom stereocenters. The lowest BCUT2D eigenvalue weighted by molar-refractivity contribution is -0.140. The van der Waals surface area contributed by atoms with Gasteiger partial charge in [0.25, 0.3) is 0 Å². The highest BCUT2D eigenvalue weighted by molar-refractivity contribution is 14.0. The van der Waals surface area contributed by atoms with Crippen molar-refractivity contribution in [2.45, 2.75) is 38.9 Å². The Morgan fingerprint density at radius 3 is 2.35 bits per heavy atom. The minimum atomic E-state index is -4.44. The number of guanidine groups is 1. The fraction of sp³-hybridized carbons (Fsp3) is 0.500. The van der Waals surface area contributed by atoms with Crippen LogP contribution in [0.2, 0.25) is 0 Å². The minimum Gasteiger partial charge on any atom is -0.493 e. The van der Waals surface area contributed by atoms with Gasteiger partial charge >= 0.3 is 6.18 Å². The molecule has 0 saturated carbocycles. The van der Waals surface area contributed by atoms with E-state index in [2.05, 4.69) is 34.5 Å². The Bertz CT molecular complexity index is 872. The van der Waals surface area contributed by atoms with Crippen molar-refractivity contribution >= 4 is 41.3 Å². The maximum absolute atomic E-state index is 12.7. The van der Waals surface area contributed by atoms with E-state index < -0.39 is 11.9 Å². The molecule has 1 aromatic carbocycles. The normalized spacial score (nSPS) is 12.2. The van der Waals surface area contributed by atoms with E-state index in [0.29, 0.717) is 35.6 Å². The first kappa shape index (κ1) is 27.3. The number of aromatic nitrogens is 1. The van der Waals surface area contributed by atoms with Gasteiger partial charge in [0, 0.05) is 23.9 Å². The molecule has 0 amide bonds. The Balaban J connectivity index is 0.00000480. The fourth-order valence-electron chi connectivity index (χ4n) is 2.67. The molecule has 0 radical (unpaired) electrons. The molecule has 1 aromatic heterocycles. The smallest absolute Gasteiger partial charge is 0.434 e. The number of aliphatic imine (C=N–C) groups is 1. The zero-order valence-corrected chi connectivity index (χ0v) is 21.2. The van der Waals surface area contributed by atoms with Crippen molar-refractivity contribution in [3.05, 3.63) is 39.8 Å². The molecule has 2 N–H and O–H groups in total. The van der Waals surface area contributed by atoms with Crippen molar-refractivity contribution in [1.82, 2.24) is 15.6 Å². The summed E-state index contributed by atoms with van der Waals surface area (Å²) in [5.41, 5.74) is -0.121. The summed E-state index contributed by atoms with van der Waals surface area (Å²) in [6, 6.07) is 5.76. The summed E-state index contributed by atoms with van der Waals surface area (Å²) in [6.07, 6.45) is -4.44. The summed E-state index contributed by atoms with van der Waals surface area (Å²) in [6.45, 7) is 7.28. The molecule has 0 fully saturated rings. The summed E-state index contributed by atoms with van der Waals surface area (Å²) in [5.74, 6) is 1.81. The van der Waals surface area contributed by atoms with E-state index in [1.807, 2.05) is 25.1 Å². The van der Waals surface area contributed by atoms with Crippen LogP contribution in [0.3, 0.4) is 0 Å². The lowest BCUT2D eigenvalue weighted by Crippen LogP contribution is -2.43. The van der Waals surface area contributed by atoms with Crippen LogP contribution < -0.4 is 20.1 Å². The molecule has 11 heteroatoms. The third kappa shape index (κ3) is 7.70. The Morgan fingerprint density at radius 1 is 1.13 bits per heavy atom. The van der Waals surface area contributed by atoms with E-state index in [9.17, 15) is 13.2 Å². The molecule has 0 aliphatic rings. The number of ether oxygens (including phenoxy) is 2. The van der Waals surface area contributed by atoms with Gasteiger partial charge in [0.05, 0.1) is 20.8 Å². The average Bonchev–Trinajstić information content (AvgIpc) is 3.19. The number of alkyl halides is 3. The quantitative estimate of drug-likeness (QED) is 0.270. The number of benzene rings is 1. The van der Waals surface area contributed by atoms with Crippen LogP contribution in [-0.4, -0.2) is 38.3 Å². The molecule has 174 valence electrons. The van der Waals surface area contributed by atoms with Gasteiger partial charge in [-0.1, -0.05) is 19.9 Å². The Labute approximate surface area is 201 Å². The topological polar surface area (TPSA) is 67.8 Å². The van der Waals surface area contributed by atoms with Gasteiger partial charge in [0.2, 0.25) is 0 Å². The van der Waals surface area contributed by atoms with Gasteiger partial charge < -0.3 is 20.1 Å². The molecule has 0 aliphatic carbocycles. The molecule has 6 nitrogen and oxygen atoms in total. The second-order valence-corrected chi connectivity index (χ2v) is 8.07. The number of hydrogen-bond donors (Lipinski definition) is 2. The number of rotatable bonds is 8. The maximum atomic E-state index is 12.7. The number of methoxy groups -OCH3 is 2. The van der Waals surface area contributed by atoms with E-state index >= 15 is 0 Å². The van der Waals surface area contributed by atoms with Crippen LogP contribution in [0.25, 0.3) is 0 Å². The van der Waals surface area contributed by atoms with Crippen LogP contribution >= 0.6 is 35.3 Å². The molecule has 0 bridgehead atoms. The van der Waals surface area contributed by atoms with E-state index in [-0.39, 0.29) is 35.9 Å². The predicted octanol–water partition coefficient (Wildman–Crippen LogP) is 4.83. The van der Waals surface area contributed by atoms with Crippen LogP contribution in [0.4, 0.5) is 13.2 Å². The van der Waals surface area contributed by atoms with E-state index in [4.69, 9.17) is 9.47 Å². The summed E-state index contributed by atoms with van der Waals surface area (Å²) in [5, 5.41) is 7.67. The molecule has 0 spiro atoms. The minimum absolute atomic E-state index is 0. The van der Waals surface area contributed by atoms with Gasteiger partial charge in [-0.25, -0.2) is 9.98 Å². The number of nitrogens with zero attached hydrogens (tertiary/aromatic N) is 2. The molecular formula is C20H28F3IN4O2S. The third-order valence-electron chi connectivity index (χ3n) is 4.42. The Morgan fingerprint density at radius 2 is 1.81 bits per heavy atom. The number of thiazole rings is 1. The van der Waals surface area contributed by atoms with E-state index in [1.54, 1.807) is 14.2 Å². The lowest BCUT2D eigenvalue weighted by atomic mass is 9.84. The number of nitrogens with one attached hydrogen (secondary N) is 2. The first-order chi connectivity index (χ1) is 14.1. The summed E-state index contributed by atoms with van der Waals surface area (Å²) >= 11 is 0.945. The third-order valence-corrected chi connectivity index (χ3v) is 5.26. The van der Waals surface area contributed by atoms with Crippen molar-refractivity contribution in [3.8, 4) is 11.5 Å². The highest BCUT2D eigenvalue weighted by Crippen LogP contribution is 2.33. The van der Waals surface area contributed by atoms with E-state index in [1.165, 1.54) is 0 Å². The highest BCUT2D eigenvalue weighted by Gasteiger charge is 2.33. The van der Waals surface area contributed by atoms with Gasteiger partial charge in [0.15, 0.2) is 23.2 Å². The van der Waals surface area contributed by atoms with Crippen LogP contribution in [0.15, 0.2) is 28.6 Å². The summed E-state index contributed by atoms with van der Waals surface area (Å²) < 4.78 is 48.8. The first-order valence-electron chi connectivity index (χ1n) is 9.37. The van der Waals surface area contributed by atoms with Crippen molar-refractivity contribution < 1.29 is 22.6 Å². The Hall–Kier alpha value is -1.76.